The highest BCUT2D eigenvalue weighted by Gasteiger charge is 2.33. The molecule has 0 radical (unpaired) electrons. The second-order valence-corrected chi connectivity index (χ2v) is 5.89. The molecule has 0 aliphatic carbocycles. The molecule has 2 rings (SSSR count). The summed E-state index contributed by atoms with van der Waals surface area (Å²) < 4.78 is 43.4. The van der Waals surface area contributed by atoms with E-state index in [2.05, 4.69) is 10.1 Å². The molecule has 1 N–H and O–H groups in total. The molecule has 0 fully saturated rings. The molecule has 0 aliphatic heterocycles. The lowest BCUT2D eigenvalue weighted by Crippen LogP contribution is -2.18. The Hall–Kier alpha value is -2.48. The molecule has 0 saturated carbocycles. The number of benzene rings is 2. The van der Waals surface area contributed by atoms with Gasteiger partial charge in [0.2, 0.25) is 5.91 Å². The minimum absolute atomic E-state index is 0.153. The molecule has 2 aromatic carbocycles. The van der Waals surface area contributed by atoms with Crippen LogP contribution in [0.4, 0.5) is 18.9 Å². The third-order valence-electron chi connectivity index (χ3n) is 3.16. The number of hydrogen-bond donors (Lipinski definition) is 1. The molecule has 0 saturated heterocycles. The lowest BCUT2D eigenvalue weighted by atomic mass is 10.1. The van der Waals surface area contributed by atoms with E-state index in [9.17, 15) is 22.8 Å². The normalized spacial score (nSPS) is 11.0. The molecule has 1 amide bonds. The molecule has 2 aromatic rings. The van der Waals surface area contributed by atoms with Crippen LogP contribution in [0.15, 0.2) is 53.4 Å². The maximum absolute atomic E-state index is 12.9. The predicted molar refractivity (Wildman–Crippen MR) is 88.6 cm³/mol. The van der Waals surface area contributed by atoms with Crippen LogP contribution in [0.1, 0.15) is 15.9 Å². The highest BCUT2D eigenvalue weighted by atomic mass is 32.2. The van der Waals surface area contributed by atoms with E-state index in [-0.39, 0.29) is 11.4 Å². The average molecular weight is 369 g/mol. The van der Waals surface area contributed by atoms with Gasteiger partial charge in [0.1, 0.15) is 0 Å². The molecule has 8 heteroatoms. The number of nitrogens with one attached hydrogen (secondary N) is 1. The average Bonchev–Trinajstić information content (AvgIpc) is 2.59. The second kappa shape index (κ2) is 8.06. The number of halogens is 3. The van der Waals surface area contributed by atoms with Gasteiger partial charge < -0.3 is 10.1 Å². The molecular weight excluding hydrogens is 355 g/mol. The summed E-state index contributed by atoms with van der Waals surface area (Å²) in [5.74, 6) is -1.31. The number of ether oxygens (including phenoxy) is 1. The Kier molecular flexibility index (Phi) is 6.08. The lowest BCUT2D eigenvalue weighted by Gasteiger charge is -2.13. The van der Waals surface area contributed by atoms with Gasteiger partial charge in [-0.15, -0.1) is 11.8 Å². The fourth-order valence-corrected chi connectivity index (χ4v) is 2.88. The van der Waals surface area contributed by atoms with Gasteiger partial charge in [-0.1, -0.05) is 24.3 Å². The number of esters is 1. The molecule has 0 spiro atoms. The van der Waals surface area contributed by atoms with Gasteiger partial charge in [-0.05, 0) is 24.3 Å². The number of carbonyl (C=O) groups is 2. The number of carbonyl (C=O) groups excluding carboxylic acids is 2. The molecule has 0 bridgehead atoms. The van der Waals surface area contributed by atoms with Crippen molar-refractivity contribution in [1.29, 1.82) is 0 Å². The van der Waals surface area contributed by atoms with Crippen LogP contribution in [0.25, 0.3) is 0 Å². The second-order valence-electron chi connectivity index (χ2n) is 4.87. The summed E-state index contributed by atoms with van der Waals surface area (Å²) in [6.07, 6.45) is -4.56. The Morgan fingerprint density at radius 2 is 1.72 bits per heavy atom. The zero-order chi connectivity index (χ0) is 18.4. The summed E-state index contributed by atoms with van der Waals surface area (Å²) in [5, 5.41) is 2.25. The van der Waals surface area contributed by atoms with E-state index in [1.165, 1.54) is 25.3 Å². The molecular formula is C17H14F3NO3S. The summed E-state index contributed by atoms with van der Waals surface area (Å²) in [6.45, 7) is 0. The number of methoxy groups -OCH3 is 1. The van der Waals surface area contributed by atoms with Crippen molar-refractivity contribution in [2.45, 2.75) is 11.1 Å². The van der Waals surface area contributed by atoms with Gasteiger partial charge in [-0.3, -0.25) is 4.79 Å². The highest BCUT2D eigenvalue weighted by molar-refractivity contribution is 8.00. The van der Waals surface area contributed by atoms with Gasteiger partial charge in [-0.25, -0.2) is 4.79 Å². The monoisotopic (exact) mass is 369 g/mol. The van der Waals surface area contributed by atoms with E-state index in [0.717, 1.165) is 17.8 Å². The Balaban J connectivity index is 2.07. The van der Waals surface area contributed by atoms with Crippen LogP contribution in [0.5, 0.6) is 0 Å². The molecule has 0 aliphatic rings. The first-order valence-corrected chi connectivity index (χ1v) is 8.07. The number of para-hydroxylation sites is 1. The third kappa shape index (κ3) is 4.99. The summed E-state index contributed by atoms with van der Waals surface area (Å²) in [4.78, 5) is 24.2. The minimum atomic E-state index is -4.56. The maximum atomic E-state index is 12.9. The first-order valence-electron chi connectivity index (χ1n) is 7.09. The van der Waals surface area contributed by atoms with Crippen LogP contribution < -0.4 is 5.32 Å². The van der Waals surface area contributed by atoms with Crippen LogP contribution >= 0.6 is 11.8 Å². The number of amides is 1. The van der Waals surface area contributed by atoms with E-state index >= 15 is 0 Å². The molecule has 25 heavy (non-hydrogen) atoms. The maximum Gasteiger partial charge on any atom is 0.418 e. The number of thioether (sulfide) groups is 1. The Morgan fingerprint density at radius 1 is 1.08 bits per heavy atom. The third-order valence-corrected chi connectivity index (χ3v) is 4.23. The van der Waals surface area contributed by atoms with Gasteiger partial charge in [0.05, 0.1) is 29.7 Å². The SMILES string of the molecule is COC(=O)c1ccccc1SCC(=O)Nc1ccccc1C(F)(F)F. The number of hydrogen-bond acceptors (Lipinski definition) is 4. The van der Waals surface area contributed by atoms with Crippen LogP contribution in [0, 0.1) is 0 Å². The van der Waals surface area contributed by atoms with E-state index in [1.54, 1.807) is 24.3 Å². The Bertz CT molecular complexity index is 778. The lowest BCUT2D eigenvalue weighted by molar-refractivity contribution is -0.137. The van der Waals surface area contributed by atoms with Crippen molar-refractivity contribution in [2.24, 2.45) is 0 Å². The molecule has 132 valence electrons. The minimum Gasteiger partial charge on any atom is -0.465 e. The van der Waals surface area contributed by atoms with Crippen molar-refractivity contribution >= 4 is 29.3 Å². The van der Waals surface area contributed by atoms with Gasteiger partial charge in [0.25, 0.3) is 0 Å². The van der Waals surface area contributed by atoms with Crippen molar-refractivity contribution in [3.63, 3.8) is 0 Å². The quantitative estimate of drug-likeness (QED) is 0.633. The van der Waals surface area contributed by atoms with Crippen LogP contribution in [-0.4, -0.2) is 24.7 Å². The van der Waals surface area contributed by atoms with Crippen LogP contribution in [0.3, 0.4) is 0 Å². The van der Waals surface area contributed by atoms with E-state index < -0.39 is 23.6 Å². The smallest absolute Gasteiger partial charge is 0.418 e. The van der Waals surface area contributed by atoms with Crippen molar-refractivity contribution in [3.8, 4) is 0 Å². The molecule has 0 atom stereocenters. The Morgan fingerprint density at radius 3 is 2.40 bits per heavy atom. The van der Waals surface area contributed by atoms with Gasteiger partial charge in [0, 0.05) is 4.90 Å². The molecule has 0 aromatic heterocycles. The molecule has 0 heterocycles. The van der Waals surface area contributed by atoms with E-state index in [0.29, 0.717) is 10.5 Å². The van der Waals surface area contributed by atoms with Crippen molar-refractivity contribution < 1.29 is 27.5 Å². The van der Waals surface area contributed by atoms with Gasteiger partial charge >= 0.3 is 12.1 Å². The van der Waals surface area contributed by atoms with Crippen molar-refractivity contribution in [3.05, 3.63) is 59.7 Å². The zero-order valence-corrected chi connectivity index (χ0v) is 13.9. The fourth-order valence-electron chi connectivity index (χ4n) is 2.04. The summed E-state index contributed by atoms with van der Waals surface area (Å²) >= 11 is 1.04. The summed E-state index contributed by atoms with van der Waals surface area (Å²) in [7, 11) is 1.24. The topological polar surface area (TPSA) is 55.4 Å². The highest BCUT2D eigenvalue weighted by Crippen LogP contribution is 2.34. The first kappa shape index (κ1) is 18.9. The molecule has 0 unspecified atom stereocenters. The van der Waals surface area contributed by atoms with Crippen molar-refractivity contribution in [1.82, 2.24) is 0 Å². The van der Waals surface area contributed by atoms with E-state index in [4.69, 9.17) is 0 Å². The van der Waals surface area contributed by atoms with Gasteiger partial charge in [-0.2, -0.15) is 13.2 Å². The summed E-state index contributed by atoms with van der Waals surface area (Å²) in [5.41, 5.74) is -0.927. The van der Waals surface area contributed by atoms with Crippen LogP contribution in [-0.2, 0) is 15.7 Å². The standard InChI is InChI=1S/C17H14F3NO3S/c1-24-16(23)11-6-2-5-9-14(11)25-10-15(22)21-13-8-4-3-7-12(13)17(18,19)20/h2-9H,10H2,1H3,(H,21,22). The molecule has 4 nitrogen and oxygen atoms in total. The number of rotatable bonds is 5. The number of anilines is 1. The van der Waals surface area contributed by atoms with Crippen LogP contribution in [0.2, 0.25) is 0 Å². The predicted octanol–water partition coefficient (Wildman–Crippen LogP) is 4.22. The first-order chi connectivity index (χ1) is 11.8. The zero-order valence-electron chi connectivity index (χ0n) is 13.1. The largest absolute Gasteiger partial charge is 0.465 e. The van der Waals surface area contributed by atoms with Crippen molar-refractivity contribution in [2.75, 3.05) is 18.2 Å². The summed E-state index contributed by atoms with van der Waals surface area (Å²) in [6, 6.07) is 11.3. The Labute approximate surface area is 146 Å². The van der Waals surface area contributed by atoms with E-state index in [1.807, 2.05) is 0 Å². The van der Waals surface area contributed by atoms with Gasteiger partial charge in [0.15, 0.2) is 0 Å². The number of alkyl halides is 3. The fraction of sp³-hybridized carbons (Fsp3) is 0.176.